The van der Waals surface area contributed by atoms with E-state index in [1.54, 1.807) is 0 Å². The zero-order valence-electron chi connectivity index (χ0n) is 12.4. The van der Waals surface area contributed by atoms with E-state index in [0.29, 0.717) is 0 Å². The van der Waals surface area contributed by atoms with E-state index in [9.17, 15) is 0 Å². The largest absolute Gasteiger partial charge is 0.322 e. The van der Waals surface area contributed by atoms with Gasteiger partial charge in [-0.15, -0.1) is 0 Å². The van der Waals surface area contributed by atoms with Crippen molar-refractivity contribution in [2.45, 2.75) is 59.9 Å². The van der Waals surface area contributed by atoms with Crippen LogP contribution in [0.3, 0.4) is 0 Å². The monoisotopic (exact) mass is 235 g/mol. The molecule has 0 aromatic heterocycles. The van der Waals surface area contributed by atoms with Crippen LogP contribution in [-0.4, -0.2) is 5.54 Å². The van der Waals surface area contributed by atoms with E-state index in [4.69, 9.17) is 5.73 Å². The predicted molar refractivity (Wildman–Crippen MR) is 79.0 cm³/mol. The average molecular weight is 235 g/mol. The normalized spacial score (nSPS) is 14.4. The molecule has 0 aliphatic carbocycles. The summed E-state index contributed by atoms with van der Waals surface area (Å²) in [6, 6.07) is 0. The van der Waals surface area contributed by atoms with E-state index in [-0.39, 0.29) is 11.0 Å². The highest BCUT2D eigenvalue weighted by Crippen LogP contribution is 2.36. The molecular weight excluding hydrogens is 206 g/mol. The first-order valence-corrected chi connectivity index (χ1v) is 6.50. The summed E-state index contributed by atoms with van der Waals surface area (Å²) in [5, 5.41) is 0. The van der Waals surface area contributed by atoms with Crippen LogP contribution in [0.5, 0.6) is 0 Å². The lowest BCUT2D eigenvalue weighted by Gasteiger charge is -2.29. The molecule has 17 heavy (non-hydrogen) atoms. The maximum atomic E-state index is 6.00. The molecule has 1 heteroatoms. The van der Waals surface area contributed by atoms with Crippen molar-refractivity contribution in [1.82, 2.24) is 0 Å². The van der Waals surface area contributed by atoms with Gasteiger partial charge in [-0.2, -0.15) is 0 Å². The Hall–Kier alpha value is -0.820. The van der Waals surface area contributed by atoms with Gasteiger partial charge in [-0.05, 0) is 44.6 Å². The summed E-state index contributed by atoms with van der Waals surface area (Å²) >= 11 is 0. The number of hydrogen-bond donors (Lipinski definition) is 1. The summed E-state index contributed by atoms with van der Waals surface area (Å²) < 4.78 is 0. The van der Waals surface area contributed by atoms with Gasteiger partial charge >= 0.3 is 0 Å². The molecule has 0 aromatic carbocycles. The molecule has 0 fully saturated rings. The molecule has 0 unspecified atom stereocenters. The van der Waals surface area contributed by atoms with Crippen molar-refractivity contribution in [2.75, 3.05) is 0 Å². The Morgan fingerprint density at radius 3 is 1.94 bits per heavy atom. The second-order valence-electron chi connectivity index (χ2n) is 5.87. The fraction of sp³-hybridized carbons (Fsp3) is 0.625. The summed E-state index contributed by atoms with van der Waals surface area (Å²) in [7, 11) is 0. The maximum absolute atomic E-state index is 6.00. The van der Waals surface area contributed by atoms with E-state index in [2.05, 4.69) is 45.6 Å². The zero-order chi connectivity index (χ0) is 13.7. The van der Waals surface area contributed by atoms with Gasteiger partial charge in [-0.25, -0.2) is 0 Å². The quantitative estimate of drug-likeness (QED) is 0.668. The molecule has 98 valence electrons. The molecule has 0 aliphatic heterocycles. The Bertz CT molecular complexity index is 309. The minimum absolute atomic E-state index is 0.209. The van der Waals surface area contributed by atoms with Crippen LogP contribution in [0, 0.1) is 5.41 Å². The van der Waals surface area contributed by atoms with Crippen molar-refractivity contribution in [3.8, 4) is 0 Å². The molecule has 0 saturated heterocycles. The van der Waals surface area contributed by atoms with Crippen LogP contribution in [0.4, 0.5) is 0 Å². The summed E-state index contributed by atoms with van der Waals surface area (Å²) in [4.78, 5) is 0. The fourth-order valence-corrected chi connectivity index (χ4v) is 1.65. The van der Waals surface area contributed by atoms with Gasteiger partial charge in [-0.3, -0.25) is 0 Å². The van der Waals surface area contributed by atoms with Crippen LogP contribution in [0.2, 0.25) is 0 Å². The van der Waals surface area contributed by atoms with Gasteiger partial charge in [0.25, 0.3) is 0 Å². The van der Waals surface area contributed by atoms with Gasteiger partial charge in [0.1, 0.15) is 0 Å². The second-order valence-corrected chi connectivity index (χ2v) is 5.87. The van der Waals surface area contributed by atoms with E-state index < -0.39 is 0 Å². The number of allylic oxidation sites excluding steroid dienone is 4. The molecule has 2 N–H and O–H groups in total. The van der Waals surface area contributed by atoms with E-state index in [1.165, 1.54) is 5.57 Å². The molecule has 0 aliphatic rings. The van der Waals surface area contributed by atoms with Gasteiger partial charge in [-0.1, -0.05) is 51.2 Å². The van der Waals surface area contributed by atoms with Crippen molar-refractivity contribution in [1.29, 1.82) is 0 Å². The lowest BCUT2D eigenvalue weighted by Crippen LogP contribution is -2.29. The fourth-order valence-electron chi connectivity index (χ4n) is 1.65. The topological polar surface area (TPSA) is 26.0 Å². The molecule has 0 saturated carbocycles. The third-order valence-corrected chi connectivity index (χ3v) is 3.35. The molecule has 0 aromatic rings. The summed E-state index contributed by atoms with van der Waals surface area (Å²) in [6.45, 7) is 16.8. The Morgan fingerprint density at radius 2 is 1.65 bits per heavy atom. The van der Waals surface area contributed by atoms with Gasteiger partial charge in [0.15, 0.2) is 0 Å². The Labute approximate surface area is 107 Å². The molecular formula is C16H29N. The molecule has 0 spiro atoms. The molecule has 0 radical (unpaired) electrons. The maximum Gasteiger partial charge on any atom is 0.0284 e. The van der Waals surface area contributed by atoms with Gasteiger partial charge in [0.05, 0.1) is 0 Å². The predicted octanol–water partition coefficient (Wildman–Crippen LogP) is 4.61. The van der Waals surface area contributed by atoms with Crippen molar-refractivity contribution >= 4 is 0 Å². The van der Waals surface area contributed by atoms with Crippen LogP contribution >= 0.6 is 0 Å². The highest BCUT2D eigenvalue weighted by atomic mass is 14.7. The summed E-state index contributed by atoms with van der Waals surface area (Å²) in [5.41, 5.74) is 8.36. The molecule has 1 nitrogen and oxygen atoms in total. The Balaban J connectivity index is 5.31. The van der Waals surface area contributed by atoms with Crippen molar-refractivity contribution in [2.24, 2.45) is 11.1 Å². The minimum atomic E-state index is -0.267. The second kappa shape index (κ2) is 6.20. The van der Waals surface area contributed by atoms with Crippen LogP contribution in [-0.2, 0) is 0 Å². The average Bonchev–Trinajstić information content (AvgIpc) is 2.21. The van der Waals surface area contributed by atoms with Crippen molar-refractivity contribution in [3.05, 3.63) is 36.0 Å². The van der Waals surface area contributed by atoms with Crippen LogP contribution in [0.25, 0.3) is 0 Å². The summed E-state index contributed by atoms with van der Waals surface area (Å²) in [5.74, 6) is 0. The molecule has 0 bridgehead atoms. The lowest BCUT2D eigenvalue weighted by atomic mass is 9.76. The van der Waals surface area contributed by atoms with E-state index >= 15 is 0 Å². The zero-order valence-corrected chi connectivity index (χ0v) is 12.4. The molecule has 0 heterocycles. The first-order chi connectivity index (χ1) is 7.64. The van der Waals surface area contributed by atoms with Gasteiger partial charge < -0.3 is 5.73 Å². The van der Waals surface area contributed by atoms with Crippen molar-refractivity contribution < 1.29 is 0 Å². The number of hydrogen-bond acceptors (Lipinski definition) is 1. The SMILES string of the molecule is C=C(C)/C=C(\C=C/C(C)(C)N)C(C)(CC)CC. The first kappa shape index (κ1) is 16.2. The standard InChI is InChI=1S/C16H29N/c1-8-16(7,9-2)14(12-13(3)4)10-11-15(5,6)17/h10-12H,3,8-9,17H2,1-2,4-7H3/b11-10-,14-12+. The van der Waals surface area contributed by atoms with E-state index in [1.807, 2.05) is 20.8 Å². The third kappa shape index (κ3) is 5.88. The van der Waals surface area contributed by atoms with E-state index in [0.717, 1.165) is 18.4 Å². The lowest BCUT2D eigenvalue weighted by molar-refractivity contribution is 0.376. The van der Waals surface area contributed by atoms with Crippen LogP contribution in [0.1, 0.15) is 54.4 Å². The van der Waals surface area contributed by atoms with Crippen molar-refractivity contribution in [3.63, 3.8) is 0 Å². The third-order valence-electron chi connectivity index (χ3n) is 3.35. The highest BCUT2D eigenvalue weighted by molar-refractivity contribution is 5.33. The smallest absolute Gasteiger partial charge is 0.0284 e. The van der Waals surface area contributed by atoms with Gasteiger partial charge in [0.2, 0.25) is 0 Å². The Kier molecular flexibility index (Phi) is 5.91. The highest BCUT2D eigenvalue weighted by Gasteiger charge is 2.23. The molecule has 0 rings (SSSR count). The first-order valence-electron chi connectivity index (χ1n) is 6.50. The molecule has 0 amide bonds. The Morgan fingerprint density at radius 1 is 1.18 bits per heavy atom. The summed E-state index contributed by atoms with van der Waals surface area (Å²) in [6.07, 6.45) is 8.66. The number of nitrogens with two attached hydrogens (primary N) is 1. The number of rotatable bonds is 6. The van der Waals surface area contributed by atoms with Crippen LogP contribution < -0.4 is 5.73 Å². The van der Waals surface area contributed by atoms with Crippen LogP contribution in [0.15, 0.2) is 36.0 Å². The minimum Gasteiger partial charge on any atom is -0.322 e. The van der Waals surface area contributed by atoms with Gasteiger partial charge in [0, 0.05) is 5.54 Å². The molecule has 0 atom stereocenters.